The number of benzene rings is 2. The highest BCUT2D eigenvalue weighted by molar-refractivity contribution is 7.15. The zero-order valence-corrected chi connectivity index (χ0v) is 18.8. The van der Waals surface area contributed by atoms with Gasteiger partial charge in [-0.2, -0.15) is 0 Å². The molecule has 3 aromatic rings. The Balaban J connectivity index is 1.21. The third kappa shape index (κ3) is 6.21. The third-order valence-electron chi connectivity index (χ3n) is 5.35. The third-order valence-corrected chi connectivity index (χ3v) is 6.35. The van der Waals surface area contributed by atoms with Gasteiger partial charge < -0.3 is 10.6 Å². The van der Waals surface area contributed by atoms with E-state index < -0.39 is 17.5 Å². The van der Waals surface area contributed by atoms with E-state index in [1.165, 1.54) is 21.8 Å². The summed E-state index contributed by atoms with van der Waals surface area (Å²) in [5, 5.41) is 5.96. The Morgan fingerprint density at radius 2 is 1.94 bits per heavy atom. The molecule has 9 heteroatoms. The molecule has 33 heavy (non-hydrogen) atoms. The number of aromatic nitrogens is 1. The van der Waals surface area contributed by atoms with Crippen LogP contribution in [0, 0.1) is 11.6 Å². The van der Waals surface area contributed by atoms with E-state index >= 15 is 0 Å². The van der Waals surface area contributed by atoms with Crippen molar-refractivity contribution < 1.29 is 18.4 Å². The highest BCUT2D eigenvalue weighted by atomic mass is 32.1. The second kappa shape index (κ2) is 10.6. The summed E-state index contributed by atoms with van der Waals surface area (Å²) in [4.78, 5) is 32.3. The molecule has 0 aliphatic carbocycles. The van der Waals surface area contributed by atoms with Crippen LogP contribution < -0.4 is 10.6 Å². The Morgan fingerprint density at radius 1 is 1.12 bits per heavy atom. The van der Waals surface area contributed by atoms with Gasteiger partial charge in [-0.05, 0) is 24.1 Å². The molecule has 2 heterocycles. The fourth-order valence-corrected chi connectivity index (χ4v) is 4.75. The van der Waals surface area contributed by atoms with Crippen molar-refractivity contribution >= 4 is 28.3 Å². The van der Waals surface area contributed by atoms with Crippen LogP contribution in [0.3, 0.4) is 0 Å². The van der Waals surface area contributed by atoms with Gasteiger partial charge in [-0.3, -0.25) is 14.5 Å². The number of nitrogens with zero attached hydrogens (tertiary/aromatic N) is 2. The smallest absolute Gasteiger partial charge is 0.254 e. The van der Waals surface area contributed by atoms with E-state index in [9.17, 15) is 18.4 Å². The van der Waals surface area contributed by atoms with Crippen LogP contribution in [0.25, 0.3) is 0 Å². The van der Waals surface area contributed by atoms with Crippen LogP contribution in [0.5, 0.6) is 0 Å². The Kier molecular flexibility index (Phi) is 7.41. The van der Waals surface area contributed by atoms with Gasteiger partial charge in [0.1, 0.15) is 11.6 Å². The number of thiazole rings is 1. The number of carbonyl (C=O) groups is 2. The number of anilines is 1. The summed E-state index contributed by atoms with van der Waals surface area (Å²) in [7, 11) is 0. The number of halogens is 2. The van der Waals surface area contributed by atoms with E-state index in [1.54, 1.807) is 0 Å². The lowest BCUT2D eigenvalue weighted by Gasteiger charge is -2.25. The van der Waals surface area contributed by atoms with Crippen molar-refractivity contribution in [3.63, 3.8) is 0 Å². The van der Waals surface area contributed by atoms with Crippen LogP contribution in [-0.4, -0.2) is 34.8 Å². The molecule has 0 saturated heterocycles. The second-order valence-electron chi connectivity index (χ2n) is 7.87. The Morgan fingerprint density at radius 3 is 2.73 bits per heavy atom. The molecule has 0 spiro atoms. The summed E-state index contributed by atoms with van der Waals surface area (Å²) in [6.07, 6.45) is 1.42. The van der Waals surface area contributed by atoms with Gasteiger partial charge in [-0.1, -0.05) is 30.3 Å². The first-order valence-corrected chi connectivity index (χ1v) is 11.6. The number of fused-ring (bicyclic) bond motifs is 1. The molecule has 0 atom stereocenters. The van der Waals surface area contributed by atoms with Gasteiger partial charge in [0, 0.05) is 50.0 Å². The summed E-state index contributed by atoms with van der Waals surface area (Å²) in [5.74, 6) is -2.49. The minimum atomic E-state index is -0.916. The Bertz CT molecular complexity index is 1140. The van der Waals surface area contributed by atoms with Crippen LogP contribution in [-0.2, 0) is 24.3 Å². The lowest BCUT2D eigenvalue weighted by molar-refractivity contribution is -0.116. The van der Waals surface area contributed by atoms with Crippen molar-refractivity contribution in [2.75, 3.05) is 18.4 Å². The molecule has 6 nitrogen and oxygen atoms in total. The number of carbonyl (C=O) groups excluding carboxylic acids is 2. The molecule has 0 saturated carbocycles. The molecule has 0 fully saturated rings. The van der Waals surface area contributed by atoms with Crippen molar-refractivity contribution in [3.8, 4) is 0 Å². The van der Waals surface area contributed by atoms with E-state index in [0.717, 1.165) is 43.9 Å². The molecule has 2 N–H and O–H groups in total. The van der Waals surface area contributed by atoms with E-state index in [0.29, 0.717) is 17.6 Å². The fourth-order valence-electron chi connectivity index (χ4n) is 3.68. The summed E-state index contributed by atoms with van der Waals surface area (Å²) in [6.45, 7) is 2.82. The first-order valence-electron chi connectivity index (χ1n) is 10.8. The van der Waals surface area contributed by atoms with Crippen LogP contribution in [0.4, 0.5) is 13.9 Å². The highest BCUT2D eigenvalue weighted by Gasteiger charge is 2.21. The molecule has 0 radical (unpaired) electrons. The number of nitrogens with one attached hydrogen (secondary N) is 2. The number of rotatable bonds is 8. The zero-order valence-electron chi connectivity index (χ0n) is 17.9. The highest BCUT2D eigenvalue weighted by Crippen LogP contribution is 2.29. The van der Waals surface area contributed by atoms with Crippen molar-refractivity contribution in [3.05, 3.63) is 81.9 Å². The van der Waals surface area contributed by atoms with Gasteiger partial charge >= 0.3 is 0 Å². The van der Waals surface area contributed by atoms with Gasteiger partial charge in [0.05, 0.1) is 11.3 Å². The number of hydrogen-bond acceptors (Lipinski definition) is 5. The van der Waals surface area contributed by atoms with Crippen LogP contribution in [0.15, 0.2) is 48.5 Å². The summed E-state index contributed by atoms with van der Waals surface area (Å²) < 4.78 is 26.6. The average molecular weight is 471 g/mol. The first-order chi connectivity index (χ1) is 16.0. The van der Waals surface area contributed by atoms with Gasteiger partial charge in [-0.25, -0.2) is 13.8 Å². The summed E-state index contributed by atoms with van der Waals surface area (Å²) in [5.41, 5.74) is 2.08. The van der Waals surface area contributed by atoms with E-state index in [-0.39, 0.29) is 24.4 Å². The molecule has 0 bridgehead atoms. The molecular formula is C24H24F2N4O2S. The molecule has 1 aliphatic rings. The van der Waals surface area contributed by atoms with Crippen molar-refractivity contribution in [1.29, 1.82) is 0 Å². The molecule has 0 unspecified atom stereocenters. The standard InChI is InChI=1S/C24H24F2N4O2S/c25-17-8-9-18(19(26)13-17)23(32)27-11-4-7-22(31)29-24-28-20-10-12-30(15-21(20)33-24)14-16-5-2-1-3-6-16/h1-3,5-6,8-9,13H,4,7,10-12,14-15H2,(H,27,32)(H,28,29,31). The normalized spacial score (nSPS) is 13.4. The van der Waals surface area contributed by atoms with Gasteiger partial charge in [0.15, 0.2) is 5.13 Å². The minimum absolute atomic E-state index is 0.190. The maximum atomic E-state index is 13.6. The largest absolute Gasteiger partial charge is 0.352 e. The predicted molar refractivity (Wildman–Crippen MR) is 123 cm³/mol. The van der Waals surface area contributed by atoms with Crippen LogP contribution in [0.2, 0.25) is 0 Å². The average Bonchev–Trinajstić information content (AvgIpc) is 3.18. The van der Waals surface area contributed by atoms with Gasteiger partial charge in [-0.15, -0.1) is 11.3 Å². The summed E-state index contributed by atoms with van der Waals surface area (Å²) >= 11 is 1.50. The monoisotopic (exact) mass is 470 g/mol. The van der Waals surface area contributed by atoms with Crippen molar-refractivity contribution in [2.45, 2.75) is 32.4 Å². The van der Waals surface area contributed by atoms with Crippen LogP contribution in [0.1, 0.15) is 39.3 Å². The fraction of sp³-hybridized carbons (Fsp3) is 0.292. The maximum absolute atomic E-state index is 13.6. The predicted octanol–water partition coefficient (Wildman–Crippen LogP) is 4.13. The molecule has 2 aromatic carbocycles. The zero-order chi connectivity index (χ0) is 23.2. The topological polar surface area (TPSA) is 74.3 Å². The molecule has 1 aliphatic heterocycles. The van der Waals surface area contributed by atoms with E-state index in [4.69, 9.17) is 0 Å². The molecule has 2 amide bonds. The molecular weight excluding hydrogens is 446 g/mol. The maximum Gasteiger partial charge on any atom is 0.254 e. The van der Waals surface area contributed by atoms with Crippen LogP contribution >= 0.6 is 11.3 Å². The van der Waals surface area contributed by atoms with E-state index in [1.807, 2.05) is 18.2 Å². The lowest BCUT2D eigenvalue weighted by Crippen LogP contribution is -2.29. The lowest BCUT2D eigenvalue weighted by atomic mass is 10.1. The van der Waals surface area contributed by atoms with Crippen molar-refractivity contribution in [2.24, 2.45) is 0 Å². The Hall–Kier alpha value is -3.17. The quantitative estimate of drug-likeness (QED) is 0.486. The van der Waals surface area contributed by atoms with E-state index in [2.05, 4.69) is 32.7 Å². The molecule has 4 rings (SSSR count). The molecule has 172 valence electrons. The Labute approximate surface area is 194 Å². The van der Waals surface area contributed by atoms with Gasteiger partial charge in [0.2, 0.25) is 5.91 Å². The summed E-state index contributed by atoms with van der Waals surface area (Å²) in [6, 6.07) is 13.1. The number of hydrogen-bond donors (Lipinski definition) is 2. The second-order valence-corrected chi connectivity index (χ2v) is 8.95. The van der Waals surface area contributed by atoms with Gasteiger partial charge in [0.25, 0.3) is 5.91 Å². The minimum Gasteiger partial charge on any atom is -0.352 e. The first kappa shape index (κ1) is 23.0. The number of amides is 2. The molecule has 1 aromatic heterocycles. The SMILES string of the molecule is O=C(CCCNC(=O)c1ccc(F)cc1F)Nc1nc2c(s1)CN(Cc1ccccc1)CC2. The van der Waals surface area contributed by atoms with Crippen molar-refractivity contribution in [1.82, 2.24) is 15.2 Å².